The van der Waals surface area contributed by atoms with Crippen LogP contribution in [0.15, 0.2) is 27.6 Å². The number of carbonyl (C=O) groups excluding carboxylic acids is 1. The molecule has 0 N–H and O–H groups in total. The Kier molecular flexibility index (Phi) is 6.37. The summed E-state index contributed by atoms with van der Waals surface area (Å²) in [5.74, 6) is -0.235. The molecule has 0 radical (unpaired) electrons. The van der Waals surface area contributed by atoms with Crippen molar-refractivity contribution >= 4 is 31.9 Å². The Hall–Kier alpha value is -0.920. The Morgan fingerprint density at radius 1 is 1.29 bits per heavy atom. The molecule has 0 aliphatic rings. The highest BCUT2D eigenvalue weighted by atomic mass is 79.9. The summed E-state index contributed by atoms with van der Waals surface area (Å²) in [4.78, 5) is 13.4. The first kappa shape index (κ1) is 18.1. The highest BCUT2D eigenvalue weighted by Gasteiger charge is 2.26. The summed E-state index contributed by atoms with van der Waals surface area (Å²) in [6.45, 7) is 3.89. The maximum atomic E-state index is 12.7. The van der Waals surface area contributed by atoms with Crippen molar-refractivity contribution in [3.05, 3.63) is 28.2 Å². The van der Waals surface area contributed by atoms with Gasteiger partial charge in [0.05, 0.1) is 11.4 Å². The van der Waals surface area contributed by atoms with Crippen molar-refractivity contribution in [1.29, 1.82) is 0 Å². The number of hydrogen-bond donors (Lipinski definition) is 0. The molecule has 118 valence electrons. The number of sulfonamides is 1. The Labute approximate surface area is 135 Å². The fourth-order valence-electron chi connectivity index (χ4n) is 1.75. The van der Waals surface area contributed by atoms with Crippen LogP contribution in [-0.4, -0.2) is 50.7 Å². The van der Waals surface area contributed by atoms with Crippen LogP contribution in [-0.2, 0) is 14.8 Å². The minimum absolute atomic E-state index is 0.141. The normalized spacial score (nSPS) is 11.7. The fourth-order valence-corrected chi connectivity index (χ4v) is 3.57. The molecule has 1 amide bonds. The number of rotatable bonds is 6. The summed E-state index contributed by atoms with van der Waals surface area (Å²) in [6, 6.07) is 4.87. The fraction of sp³-hybridized carbons (Fsp3) is 0.500. The van der Waals surface area contributed by atoms with E-state index < -0.39 is 10.0 Å². The van der Waals surface area contributed by atoms with Crippen LogP contribution in [0, 0.1) is 6.92 Å². The first-order chi connectivity index (χ1) is 9.70. The van der Waals surface area contributed by atoms with Crippen LogP contribution < -0.4 is 0 Å². The van der Waals surface area contributed by atoms with Gasteiger partial charge in [-0.05, 0) is 37.1 Å². The Morgan fingerprint density at radius 2 is 1.90 bits per heavy atom. The van der Waals surface area contributed by atoms with Gasteiger partial charge in [-0.1, -0.05) is 22.9 Å². The molecule has 7 heteroatoms. The summed E-state index contributed by atoms with van der Waals surface area (Å²) in [6.07, 6.45) is 0.648. The van der Waals surface area contributed by atoms with E-state index in [0.717, 1.165) is 10.0 Å². The molecule has 0 fully saturated rings. The van der Waals surface area contributed by atoms with Crippen molar-refractivity contribution in [2.45, 2.75) is 25.2 Å². The van der Waals surface area contributed by atoms with Crippen molar-refractivity contribution in [2.75, 3.05) is 27.2 Å². The van der Waals surface area contributed by atoms with Crippen LogP contribution in [0.1, 0.15) is 18.9 Å². The molecule has 0 heterocycles. The Balaban J connectivity index is 3.15. The number of hydrogen-bond acceptors (Lipinski definition) is 3. The van der Waals surface area contributed by atoms with Crippen LogP contribution in [0.4, 0.5) is 0 Å². The van der Waals surface area contributed by atoms with Gasteiger partial charge in [0.15, 0.2) is 0 Å². The third-order valence-electron chi connectivity index (χ3n) is 3.05. The van der Waals surface area contributed by atoms with Gasteiger partial charge in [0.25, 0.3) is 0 Å². The molecule has 0 saturated carbocycles. The third-order valence-corrected chi connectivity index (χ3v) is 5.78. The topological polar surface area (TPSA) is 57.7 Å². The number of amides is 1. The monoisotopic (exact) mass is 376 g/mol. The molecule has 0 aliphatic heterocycles. The molecule has 1 aromatic carbocycles. The summed E-state index contributed by atoms with van der Waals surface area (Å²) in [5.41, 5.74) is 0.839. The van der Waals surface area contributed by atoms with E-state index in [0.29, 0.717) is 13.0 Å². The number of nitrogens with zero attached hydrogens (tertiary/aromatic N) is 2. The third kappa shape index (κ3) is 4.52. The summed E-state index contributed by atoms with van der Waals surface area (Å²) in [7, 11) is -0.438. The van der Waals surface area contributed by atoms with Crippen molar-refractivity contribution in [1.82, 2.24) is 9.21 Å². The van der Waals surface area contributed by atoms with Crippen molar-refractivity contribution in [3.63, 3.8) is 0 Å². The van der Waals surface area contributed by atoms with Gasteiger partial charge in [-0.25, -0.2) is 8.42 Å². The van der Waals surface area contributed by atoms with E-state index in [9.17, 15) is 13.2 Å². The molecule has 0 atom stereocenters. The zero-order chi connectivity index (χ0) is 16.2. The summed E-state index contributed by atoms with van der Waals surface area (Å²) in [5, 5.41) is 0. The average Bonchev–Trinajstić information content (AvgIpc) is 2.40. The molecule has 0 spiro atoms. The van der Waals surface area contributed by atoms with E-state index in [1.54, 1.807) is 32.3 Å². The zero-order valence-corrected chi connectivity index (χ0v) is 15.2. The zero-order valence-electron chi connectivity index (χ0n) is 12.8. The minimum atomic E-state index is -3.67. The van der Waals surface area contributed by atoms with Gasteiger partial charge in [-0.2, -0.15) is 4.31 Å². The van der Waals surface area contributed by atoms with Crippen LogP contribution in [0.25, 0.3) is 0 Å². The molecule has 5 nitrogen and oxygen atoms in total. The van der Waals surface area contributed by atoms with E-state index in [-0.39, 0.29) is 17.3 Å². The van der Waals surface area contributed by atoms with Gasteiger partial charge in [0.2, 0.25) is 15.9 Å². The first-order valence-corrected chi connectivity index (χ1v) is 8.90. The number of aryl methyl sites for hydroxylation is 1. The molecule has 0 bridgehead atoms. The predicted molar refractivity (Wildman–Crippen MR) is 86.6 cm³/mol. The van der Waals surface area contributed by atoms with E-state index in [2.05, 4.69) is 15.9 Å². The summed E-state index contributed by atoms with van der Waals surface area (Å²) >= 11 is 3.35. The predicted octanol–water partition coefficient (Wildman–Crippen LogP) is 2.25. The van der Waals surface area contributed by atoms with Gasteiger partial charge < -0.3 is 4.90 Å². The second kappa shape index (κ2) is 7.38. The lowest BCUT2D eigenvalue weighted by atomic mass is 10.2. The van der Waals surface area contributed by atoms with Gasteiger partial charge >= 0.3 is 0 Å². The number of benzene rings is 1. The lowest BCUT2D eigenvalue weighted by molar-refractivity contribution is -0.128. The standard InChI is InChI=1S/C14H21BrN2O3S/c1-5-8-17(10-14(18)16(3)4)21(19,20)12-6-7-13(15)11(2)9-12/h6-7,9H,5,8,10H2,1-4H3. The molecule has 21 heavy (non-hydrogen) atoms. The first-order valence-electron chi connectivity index (χ1n) is 6.66. The Bertz CT molecular complexity index is 615. The SMILES string of the molecule is CCCN(CC(=O)N(C)C)S(=O)(=O)c1ccc(Br)c(C)c1. The van der Waals surface area contributed by atoms with Crippen LogP contribution in [0.3, 0.4) is 0 Å². The number of likely N-dealkylation sites (N-methyl/N-ethyl adjacent to an activating group) is 1. The summed E-state index contributed by atoms with van der Waals surface area (Å²) < 4.78 is 27.5. The largest absolute Gasteiger partial charge is 0.348 e. The van der Waals surface area contributed by atoms with Crippen molar-refractivity contribution in [3.8, 4) is 0 Å². The lowest BCUT2D eigenvalue weighted by Gasteiger charge is -2.23. The van der Waals surface area contributed by atoms with E-state index in [4.69, 9.17) is 0 Å². The molecular formula is C14H21BrN2O3S. The number of halogens is 1. The van der Waals surface area contributed by atoms with Gasteiger partial charge in [-0.3, -0.25) is 4.79 Å². The molecule has 0 unspecified atom stereocenters. The van der Waals surface area contributed by atoms with E-state index in [1.807, 2.05) is 13.8 Å². The molecular weight excluding hydrogens is 356 g/mol. The maximum Gasteiger partial charge on any atom is 0.243 e. The second-order valence-electron chi connectivity index (χ2n) is 5.04. The van der Waals surface area contributed by atoms with Crippen LogP contribution in [0.5, 0.6) is 0 Å². The number of carbonyl (C=O) groups is 1. The second-order valence-corrected chi connectivity index (χ2v) is 7.83. The quantitative estimate of drug-likeness (QED) is 0.764. The van der Waals surface area contributed by atoms with Gasteiger partial charge in [0, 0.05) is 25.1 Å². The van der Waals surface area contributed by atoms with Crippen molar-refractivity contribution in [2.24, 2.45) is 0 Å². The van der Waals surface area contributed by atoms with Crippen LogP contribution >= 0.6 is 15.9 Å². The molecule has 0 saturated heterocycles. The van der Waals surface area contributed by atoms with E-state index >= 15 is 0 Å². The highest BCUT2D eigenvalue weighted by molar-refractivity contribution is 9.10. The minimum Gasteiger partial charge on any atom is -0.348 e. The molecule has 1 aromatic rings. The van der Waals surface area contributed by atoms with E-state index in [1.165, 1.54) is 9.21 Å². The average molecular weight is 377 g/mol. The highest BCUT2D eigenvalue weighted by Crippen LogP contribution is 2.22. The maximum absolute atomic E-state index is 12.7. The molecule has 0 aliphatic carbocycles. The molecule has 1 rings (SSSR count). The van der Waals surface area contributed by atoms with Gasteiger partial charge in [-0.15, -0.1) is 0 Å². The smallest absolute Gasteiger partial charge is 0.243 e. The van der Waals surface area contributed by atoms with Crippen LogP contribution in [0.2, 0.25) is 0 Å². The Morgan fingerprint density at radius 3 is 2.38 bits per heavy atom. The van der Waals surface area contributed by atoms with Crippen molar-refractivity contribution < 1.29 is 13.2 Å². The van der Waals surface area contributed by atoms with Gasteiger partial charge in [0.1, 0.15) is 0 Å². The molecule has 0 aromatic heterocycles. The lowest BCUT2D eigenvalue weighted by Crippen LogP contribution is -2.40.